The van der Waals surface area contributed by atoms with E-state index in [1.54, 1.807) is 11.7 Å². The van der Waals surface area contributed by atoms with Crippen LogP contribution in [0.5, 0.6) is 0 Å². The van der Waals surface area contributed by atoms with Gasteiger partial charge in [0.2, 0.25) is 0 Å². The van der Waals surface area contributed by atoms with Crippen LogP contribution in [0, 0.1) is 5.92 Å². The molecular weight excluding hydrogens is 406 g/mol. The Morgan fingerprint density at radius 3 is 2.76 bits per heavy atom. The van der Waals surface area contributed by atoms with Crippen molar-refractivity contribution in [1.82, 2.24) is 15.2 Å². The zero-order chi connectivity index (χ0) is 20.6. The van der Waals surface area contributed by atoms with E-state index in [0.717, 1.165) is 60.9 Å². The predicted molar refractivity (Wildman–Crippen MR) is 117 cm³/mol. The molecule has 1 heterocycles. The highest BCUT2D eigenvalue weighted by atomic mass is 32.2. The lowest BCUT2D eigenvalue weighted by Crippen LogP contribution is -2.51. The van der Waals surface area contributed by atoms with Gasteiger partial charge in [-0.3, -0.25) is 4.98 Å². The molecule has 2 aliphatic rings. The number of carbonyl (C=O) groups excluding carboxylic acids is 1. The highest BCUT2D eigenvalue weighted by molar-refractivity contribution is 8.02. The normalized spacial score (nSPS) is 23.1. The minimum absolute atomic E-state index is 0.193. The van der Waals surface area contributed by atoms with E-state index >= 15 is 0 Å². The Kier molecular flexibility index (Phi) is 8.41. The molecule has 1 aromatic rings. The number of carboxylic acids is 1. The van der Waals surface area contributed by atoms with Gasteiger partial charge in [0.25, 0.3) is 0 Å². The van der Waals surface area contributed by atoms with Crippen LogP contribution < -0.4 is 5.32 Å². The number of carbonyl (C=O) groups is 2. The summed E-state index contributed by atoms with van der Waals surface area (Å²) in [6.07, 6.45) is 13.8. The molecule has 1 fully saturated rings. The van der Waals surface area contributed by atoms with Crippen LogP contribution in [0.15, 0.2) is 27.6 Å². The minimum atomic E-state index is -1.04. The van der Waals surface area contributed by atoms with E-state index in [2.05, 4.69) is 23.3 Å². The fraction of sp³-hybridized carbons (Fsp3) is 0.667. The maximum absolute atomic E-state index is 13.1. The number of urea groups is 1. The summed E-state index contributed by atoms with van der Waals surface area (Å²) in [6, 6.07) is -0.0661. The number of nitrogens with one attached hydrogen (secondary N) is 1. The van der Waals surface area contributed by atoms with Crippen LogP contribution in [0.1, 0.15) is 64.7 Å². The maximum atomic E-state index is 13.1. The molecule has 8 heteroatoms. The van der Waals surface area contributed by atoms with Gasteiger partial charge in [-0.2, -0.15) is 0 Å². The third-order valence-corrected chi connectivity index (χ3v) is 7.90. The van der Waals surface area contributed by atoms with Gasteiger partial charge in [0.1, 0.15) is 0 Å². The summed E-state index contributed by atoms with van der Waals surface area (Å²) in [6.45, 7) is 2.92. The lowest BCUT2D eigenvalue weighted by Gasteiger charge is -2.37. The highest BCUT2D eigenvalue weighted by Gasteiger charge is 2.31. The van der Waals surface area contributed by atoms with E-state index in [4.69, 9.17) is 0 Å². The molecule has 3 rings (SSSR count). The van der Waals surface area contributed by atoms with Crippen LogP contribution in [0.3, 0.4) is 0 Å². The smallest absolute Gasteiger partial charge is 0.337 e. The van der Waals surface area contributed by atoms with Gasteiger partial charge < -0.3 is 15.3 Å². The Bertz CT molecular complexity index is 700. The van der Waals surface area contributed by atoms with Crippen molar-refractivity contribution in [1.29, 1.82) is 0 Å². The average molecular weight is 438 g/mol. The predicted octanol–water partition coefficient (Wildman–Crippen LogP) is 5.13. The third-order valence-electron chi connectivity index (χ3n) is 5.87. The van der Waals surface area contributed by atoms with Crippen molar-refractivity contribution in [3.05, 3.63) is 23.4 Å². The van der Waals surface area contributed by atoms with Crippen LogP contribution in [-0.2, 0) is 4.79 Å². The topological polar surface area (TPSA) is 82.5 Å². The summed E-state index contributed by atoms with van der Waals surface area (Å²) in [7, 11) is 0. The van der Waals surface area contributed by atoms with E-state index in [1.165, 1.54) is 29.8 Å². The first-order valence-corrected chi connectivity index (χ1v) is 12.3. The standard InChI is InChI=1S/C21H31N3O3S2/c1-15-7-9-17(10-8-15)24(12-11-16-5-3-2-4-6-16)21(27)23-19(20(25)26)29-18-13-22-14-28-18/h5,13-15,17,19H,2-4,6-12H2,1H3,(H,23,27)(H,25,26)/t15-,17-,19?. The second-order valence-corrected chi connectivity index (χ2v) is 10.4. The largest absolute Gasteiger partial charge is 0.479 e. The van der Waals surface area contributed by atoms with Crippen LogP contribution in [0.4, 0.5) is 4.79 Å². The number of thiazole rings is 1. The van der Waals surface area contributed by atoms with Gasteiger partial charge >= 0.3 is 12.0 Å². The van der Waals surface area contributed by atoms with Crippen molar-refractivity contribution in [2.24, 2.45) is 5.92 Å². The van der Waals surface area contributed by atoms with Gasteiger partial charge in [-0.05, 0) is 63.7 Å². The lowest BCUT2D eigenvalue weighted by atomic mass is 9.86. The van der Waals surface area contributed by atoms with Crippen molar-refractivity contribution in [3.8, 4) is 0 Å². The van der Waals surface area contributed by atoms with Crippen molar-refractivity contribution < 1.29 is 14.7 Å². The molecule has 0 aliphatic heterocycles. The van der Waals surface area contributed by atoms with Crippen LogP contribution in [-0.4, -0.2) is 45.0 Å². The summed E-state index contributed by atoms with van der Waals surface area (Å²) in [5.74, 6) is -0.338. The number of aromatic nitrogens is 1. The summed E-state index contributed by atoms with van der Waals surface area (Å²) >= 11 is 2.51. The lowest BCUT2D eigenvalue weighted by molar-refractivity contribution is -0.136. The number of amides is 2. The summed E-state index contributed by atoms with van der Waals surface area (Å²) in [5.41, 5.74) is 3.10. The van der Waals surface area contributed by atoms with E-state index < -0.39 is 11.3 Å². The first-order chi connectivity index (χ1) is 14.0. The monoisotopic (exact) mass is 437 g/mol. The molecule has 29 heavy (non-hydrogen) atoms. The Balaban J connectivity index is 1.66. The Hall–Kier alpha value is -1.54. The number of carboxylic acid groups (broad SMARTS) is 1. The fourth-order valence-corrected chi connectivity index (χ4v) is 5.72. The molecular formula is C21H31N3O3S2. The molecule has 1 saturated carbocycles. The molecule has 0 saturated heterocycles. The van der Waals surface area contributed by atoms with E-state index in [1.807, 2.05) is 4.90 Å². The SMILES string of the molecule is C[C@H]1CC[C@H](N(CCC2=CCCCC2)C(=O)NC(Sc2cncs2)C(=O)O)CC1. The number of thioether (sulfide) groups is 1. The molecule has 2 amide bonds. The van der Waals surface area contributed by atoms with Crippen molar-refractivity contribution in [2.75, 3.05) is 6.54 Å². The highest BCUT2D eigenvalue weighted by Crippen LogP contribution is 2.30. The number of nitrogens with zero attached hydrogens (tertiary/aromatic N) is 2. The maximum Gasteiger partial charge on any atom is 0.337 e. The first kappa shape index (κ1) is 22.2. The minimum Gasteiger partial charge on any atom is -0.479 e. The first-order valence-electron chi connectivity index (χ1n) is 10.6. The Labute approximate surface area is 181 Å². The third kappa shape index (κ3) is 6.74. The molecule has 1 aromatic heterocycles. The molecule has 0 spiro atoms. The number of rotatable bonds is 8. The number of allylic oxidation sites excluding steroid dienone is 1. The van der Waals surface area contributed by atoms with Gasteiger partial charge in [0.05, 0.1) is 15.9 Å². The molecule has 1 atom stereocenters. The van der Waals surface area contributed by atoms with Crippen molar-refractivity contribution in [2.45, 2.75) is 80.3 Å². The quantitative estimate of drug-likeness (QED) is 0.335. The second kappa shape index (κ2) is 11.0. The second-order valence-electron chi connectivity index (χ2n) is 8.07. The van der Waals surface area contributed by atoms with Crippen molar-refractivity contribution >= 4 is 35.1 Å². The van der Waals surface area contributed by atoms with E-state index in [9.17, 15) is 14.7 Å². The molecule has 2 aliphatic carbocycles. The summed E-state index contributed by atoms with van der Waals surface area (Å²) < 4.78 is 0.781. The fourth-order valence-electron chi connectivity index (χ4n) is 4.11. The molecule has 0 radical (unpaired) electrons. The molecule has 0 bridgehead atoms. The zero-order valence-electron chi connectivity index (χ0n) is 17.0. The van der Waals surface area contributed by atoms with Gasteiger partial charge in [-0.15, -0.1) is 11.3 Å². The van der Waals surface area contributed by atoms with Gasteiger partial charge in [0, 0.05) is 12.6 Å². The molecule has 160 valence electrons. The van der Waals surface area contributed by atoms with Gasteiger partial charge in [0.15, 0.2) is 5.37 Å². The Morgan fingerprint density at radius 1 is 1.34 bits per heavy atom. The summed E-state index contributed by atoms with van der Waals surface area (Å²) in [5, 5.41) is 11.4. The van der Waals surface area contributed by atoms with E-state index in [-0.39, 0.29) is 12.1 Å². The summed E-state index contributed by atoms with van der Waals surface area (Å²) in [4.78, 5) is 30.8. The van der Waals surface area contributed by atoms with Crippen molar-refractivity contribution in [3.63, 3.8) is 0 Å². The van der Waals surface area contributed by atoms with Crippen LogP contribution >= 0.6 is 23.1 Å². The Morgan fingerprint density at radius 2 is 2.14 bits per heavy atom. The molecule has 6 nitrogen and oxygen atoms in total. The molecule has 0 aromatic carbocycles. The number of aliphatic carboxylic acids is 1. The van der Waals surface area contributed by atoms with E-state index in [0.29, 0.717) is 12.5 Å². The average Bonchev–Trinajstić information content (AvgIpc) is 3.23. The van der Waals surface area contributed by atoms with Crippen LogP contribution in [0.25, 0.3) is 0 Å². The zero-order valence-corrected chi connectivity index (χ0v) is 18.6. The van der Waals surface area contributed by atoms with Crippen LogP contribution in [0.2, 0.25) is 0 Å². The number of hydrogen-bond acceptors (Lipinski definition) is 5. The number of hydrogen-bond donors (Lipinski definition) is 2. The van der Waals surface area contributed by atoms with Gasteiger partial charge in [-0.1, -0.05) is 30.3 Å². The molecule has 2 N–H and O–H groups in total. The van der Waals surface area contributed by atoms with Gasteiger partial charge in [-0.25, -0.2) is 9.59 Å². The molecule has 1 unspecified atom stereocenters.